The van der Waals surface area contributed by atoms with E-state index in [2.05, 4.69) is 0 Å². The lowest BCUT2D eigenvalue weighted by Gasteiger charge is -2.28. The second-order valence-electron chi connectivity index (χ2n) is 10.4. The first-order chi connectivity index (χ1) is 17.4. The third-order valence-electron chi connectivity index (χ3n) is 5.94. The Morgan fingerprint density at radius 2 is 1.55 bits per heavy atom. The van der Waals surface area contributed by atoms with Crippen LogP contribution >= 0.6 is 23.2 Å². The molecule has 0 bridgehead atoms. The molecule has 10 heteroatoms. The van der Waals surface area contributed by atoms with Crippen molar-refractivity contribution in [2.75, 3.05) is 0 Å². The Labute approximate surface area is 228 Å². The van der Waals surface area contributed by atoms with Crippen LogP contribution in [0.25, 0.3) is 11.3 Å². The van der Waals surface area contributed by atoms with Crippen LogP contribution in [0.4, 0.5) is 13.2 Å². The second-order valence-corrected chi connectivity index (χ2v) is 11.1. The molecule has 0 aliphatic rings. The Morgan fingerprint density at radius 1 is 0.947 bits per heavy atom. The average molecular weight is 571 g/mol. The highest BCUT2D eigenvalue weighted by molar-refractivity contribution is 6.43. The first-order valence-corrected chi connectivity index (χ1v) is 12.4. The minimum Gasteiger partial charge on any atom is -0.478 e. The van der Waals surface area contributed by atoms with Crippen LogP contribution in [0, 0.1) is 0 Å². The summed E-state index contributed by atoms with van der Waals surface area (Å²) in [6.45, 7) is 8.60. The van der Waals surface area contributed by atoms with Crippen molar-refractivity contribution in [3.8, 4) is 17.1 Å². The summed E-state index contributed by atoms with van der Waals surface area (Å²) >= 11 is 13.1. The van der Waals surface area contributed by atoms with Crippen LogP contribution in [0.5, 0.6) is 5.75 Å². The van der Waals surface area contributed by atoms with Gasteiger partial charge >= 0.3 is 12.1 Å². The summed E-state index contributed by atoms with van der Waals surface area (Å²) in [5.41, 5.74) is -1.02. The van der Waals surface area contributed by atoms with E-state index in [0.717, 1.165) is 17.7 Å². The summed E-state index contributed by atoms with van der Waals surface area (Å²) in [6, 6.07) is 9.10. The number of carbonyl (C=O) groups is 2. The van der Waals surface area contributed by atoms with Crippen molar-refractivity contribution in [2.24, 2.45) is 0 Å². The van der Waals surface area contributed by atoms with E-state index in [4.69, 9.17) is 32.4 Å². The molecular weight excluding hydrogens is 544 g/mol. The van der Waals surface area contributed by atoms with E-state index in [0.29, 0.717) is 11.1 Å². The summed E-state index contributed by atoms with van der Waals surface area (Å²) in [6.07, 6.45) is -4.22. The summed E-state index contributed by atoms with van der Waals surface area (Å²) < 4.78 is 49.8. The van der Waals surface area contributed by atoms with Gasteiger partial charge in [-0.2, -0.15) is 13.2 Å². The van der Waals surface area contributed by atoms with E-state index in [1.807, 2.05) is 20.8 Å². The molecule has 3 rings (SSSR count). The number of furan rings is 1. The average Bonchev–Trinajstić information content (AvgIpc) is 3.30. The lowest BCUT2D eigenvalue weighted by molar-refractivity contribution is -0.152. The van der Waals surface area contributed by atoms with Crippen LogP contribution in [-0.4, -0.2) is 22.5 Å². The highest BCUT2D eigenvalue weighted by atomic mass is 35.5. The van der Waals surface area contributed by atoms with Crippen molar-refractivity contribution in [2.45, 2.75) is 64.7 Å². The first kappa shape index (κ1) is 29.6. The number of carboxylic acid groups (broad SMARTS) is 1. The van der Waals surface area contributed by atoms with Gasteiger partial charge in [0.2, 0.25) is 0 Å². The molecule has 0 amide bonds. The monoisotopic (exact) mass is 570 g/mol. The maximum Gasteiger partial charge on any atom is 0.416 e. The predicted octanol–water partition coefficient (Wildman–Crippen LogP) is 8.63. The molecule has 0 spiro atoms. The summed E-state index contributed by atoms with van der Waals surface area (Å²) in [4.78, 5) is 24.5. The summed E-state index contributed by atoms with van der Waals surface area (Å²) in [7, 11) is 0. The molecule has 1 heterocycles. The van der Waals surface area contributed by atoms with E-state index >= 15 is 0 Å². The first-order valence-electron chi connectivity index (χ1n) is 11.7. The molecule has 0 atom stereocenters. The van der Waals surface area contributed by atoms with Crippen LogP contribution in [0.1, 0.15) is 68.3 Å². The number of carbonyl (C=O) groups excluding carboxylic acids is 1. The fourth-order valence-electron chi connectivity index (χ4n) is 3.77. The van der Waals surface area contributed by atoms with Gasteiger partial charge in [-0.25, -0.2) is 4.79 Å². The number of ether oxygens (including phenoxy) is 1. The van der Waals surface area contributed by atoms with E-state index in [9.17, 15) is 27.9 Å². The Morgan fingerprint density at radius 3 is 2.08 bits per heavy atom. The summed E-state index contributed by atoms with van der Waals surface area (Å²) in [5.74, 6) is -1.06. The van der Waals surface area contributed by atoms with Crippen LogP contribution in [-0.2, 0) is 22.8 Å². The van der Waals surface area contributed by atoms with Crippen LogP contribution in [0.3, 0.4) is 0 Å². The quantitative estimate of drug-likeness (QED) is 0.274. The van der Waals surface area contributed by atoms with Crippen molar-refractivity contribution >= 4 is 35.0 Å². The van der Waals surface area contributed by atoms with Crippen LogP contribution in [0.15, 0.2) is 46.9 Å². The van der Waals surface area contributed by atoms with Crippen molar-refractivity contribution in [3.05, 3.63) is 75.0 Å². The fraction of sp³-hybridized carbons (Fsp3) is 0.357. The minimum atomic E-state index is -4.45. The van der Waals surface area contributed by atoms with Gasteiger partial charge in [0.25, 0.3) is 0 Å². The Kier molecular flexibility index (Phi) is 8.29. The number of carboxylic acids is 1. The van der Waals surface area contributed by atoms with E-state index in [1.165, 1.54) is 38.1 Å². The normalized spacial score (nSPS) is 12.5. The molecule has 0 saturated heterocycles. The summed E-state index contributed by atoms with van der Waals surface area (Å²) in [5, 5.41) is 9.63. The van der Waals surface area contributed by atoms with Gasteiger partial charge in [0.15, 0.2) is 17.1 Å². The van der Waals surface area contributed by atoms with E-state index in [-0.39, 0.29) is 45.9 Å². The highest BCUT2D eigenvalue weighted by Crippen LogP contribution is 2.43. The van der Waals surface area contributed by atoms with Gasteiger partial charge in [0.05, 0.1) is 10.6 Å². The van der Waals surface area contributed by atoms with Gasteiger partial charge in [-0.05, 0) is 67.1 Å². The van der Waals surface area contributed by atoms with Crippen LogP contribution < -0.4 is 4.74 Å². The number of rotatable bonds is 8. The van der Waals surface area contributed by atoms with Crippen molar-refractivity contribution in [1.82, 2.24) is 0 Å². The maximum atomic E-state index is 12.9. The predicted molar refractivity (Wildman–Crippen MR) is 139 cm³/mol. The molecule has 1 N–H and O–H groups in total. The molecule has 0 aliphatic carbocycles. The van der Waals surface area contributed by atoms with Gasteiger partial charge in [0, 0.05) is 12.0 Å². The number of Topliss-reactive ketones (excluding diaryl/α,β-unsaturated/α-hetero) is 1. The number of halogens is 5. The molecule has 0 aliphatic heterocycles. The molecule has 3 aromatic rings. The molecule has 0 fully saturated rings. The molecule has 38 heavy (non-hydrogen) atoms. The number of hydrogen-bond donors (Lipinski definition) is 1. The van der Waals surface area contributed by atoms with Gasteiger partial charge in [0.1, 0.15) is 16.5 Å². The second kappa shape index (κ2) is 10.7. The SMILES string of the molecule is CC(C)(Oc1cc(C(C)(C)C)c(CCC(=O)c2ccc(-c3ccc(C(F)(F)F)cc3)o2)c(Cl)c1Cl)C(=O)O. The third kappa shape index (κ3) is 6.53. The Hall–Kier alpha value is -2.97. The van der Waals surface area contributed by atoms with Gasteiger partial charge < -0.3 is 14.3 Å². The molecular formula is C28H27Cl2F3O5. The number of alkyl halides is 3. The standard InChI is InChI=1S/C28H27Cl2F3O5/c1-26(2,3)18-14-22(38-27(4,5)25(35)36)24(30)23(29)17(18)10-11-19(34)21-13-12-20(37-21)15-6-8-16(9-7-15)28(31,32)33/h6-9,12-14H,10-11H2,1-5H3,(H,35,36). The van der Waals surface area contributed by atoms with Gasteiger partial charge in [-0.1, -0.05) is 56.1 Å². The molecule has 2 aromatic carbocycles. The lowest BCUT2D eigenvalue weighted by Crippen LogP contribution is -2.38. The highest BCUT2D eigenvalue weighted by Gasteiger charge is 2.33. The number of ketones is 1. The van der Waals surface area contributed by atoms with Gasteiger partial charge in [-0.3, -0.25) is 4.79 Å². The Bertz CT molecular complexity index is 1350. The lowest BCUT2D eigenvalue weighted by atomic mass is 9.82. The molecule has 5 nitrogen and oxygen atoms in total. The van der Waals surface area contributed by atoms with E-state index < -0.39 is 28.7 Å². The van der Waals surface area contributed by atoms with Crippen molar-refractivity contribution in [1.29, 1.82) is 0 Å². The molecule has 0 radical (unpaired) electrons. The molecule has 1 aromatic heterocycles. The maximum absolute atomic E-state index is 12.9. The Balaban J connectivity index is 1.84. The van der Waals surface area contributed by atoms with Crippen LogP contribution in [0.2, 0.25) is 10.0 Å². The minimum absolute atomic E-state index is 0.0138. The van der Waals surface area contributed by atoms with Crippen molar-refractivity contribution in [3.63, 3.8) is 0 Å². The topological polar surface area (TPSA) is 76.7 Å². The number of hydrogen-bond acceptors (Lipinski definition) is 4. The largest absolute Gasteiger partial charge is 0.478 e. The number of benzene rings is 2. The zero-order valence-corrected chi connectivity index (χ0v) is 22.9. The number of aliphatic carboxylic acids is 1. The molecule has 0 unspecified atom stereocenters. The fourth-order valence-corrected chi connectivity index (χ4v) is 4.27. The third-order valence-corrected chi connectivity index (χ3v) is 6.83. The van der Waals surface area contributed by atoms with Crippen molar-refractivity contribution < 1.29 is 37.0 Å². The zero-order valence-electron chi connectivity index (χ0n) is 21.4. The van der Waals surface area contributed by atoms with E-state index in [1.54, 1.807) is 6.07 Å². The molecule has 0 saturated carbocycles. The smallest absolute Gasteiger partial charge is 0.416 e. The molecule has 204 valence electrons. The van der Waals surface area contributed by atoms with Gasteiger partial charge in [-0.15, -0.1) is 0 Å². The zero-order chi connectivity index (χ0) is 28.6.